The van der Waals surface area contributed by atoms with Crippen molar-refractivity contribution in [1.82, 2.24) is 14.8 Å². The number of carboxylic acid groups (broad SMARTS) is 1. The fourth-order valence-corrected chi connectivity index (χ4v) is 1.74. The highest BCUT2D eigenvalue weighted by Gasteiger charge is 2.10. The van der Waals surface area contributed by atoms with Crippen molar-refractivity contribution in [2.45, 2.75) is 26.7 Å². The van der Waals surface area contributed by atoms with Gasteiger partial charge >= 0.3 is 5.97 Å². The highest BCUT2D eigenvalue weighted by molar-refractivity contribution is 5.88. The van der Waals surface area contributed by atoms with Gasteiger partial charge < -0.3 is 5.11 Å². The van der Waals surface area contributed by atoms with Gasteiger partial charge in [-0.25, -0.2) is 14.5 Å². The van der Waals surface area contributed by atoms with E-state index in [0.29, 0.717) is 5.82 Å². The SMILES string of the molecule is CCCc1cc(C(=O)O)cc(-n2ccc(C)n2)n1. The first kappa shape index (κ1) is 12.3. The standard InChI is InChI=1S/C13H15N3O2/c1-3-4-11-7-10(13(17)18)8-12(14-11)16-6-5-9(2)15-16/h5-8H,3-4H2,1-2H3,(H,17,18). The second kappa shape index (κ2) is 5.00. The Morgan fingerprint density at radius 2 is 2.22 bits per heavy atom. The molecule has 0 unspecified atom stereocenters. The Labute approximate surface area is 105 Å². The monoisotopic (exact) mass is 245 g/mol. The molecule has 0 saturated carbocycles. The van der Waals surface area contributed by atoms with Gasteiger partial charge in [0.05, 0.1) is 11.3 Å². The van der Waals surface area contributed by atoms with Crippen LogP contribution in [-0.4, -0.2) is 25.8 Å². The number of hydrogen-bond acceptors (Lipinski definition) is 3. The third kappa shape index (κ3) is 2.56. The van der Waals surface area contributed by atoms with Crippen molar-refractivity contribution < 1.29 is 9.90 Å². The number of aryl methyl sites for hydroxylation is 2. The molecule has 0 aliphatic heterocycles. The van der Waals surface area contributed by atoms with Crippen molar-refractivity contribution in [2.75, 3.05) is 0 Å². The van der Waals surface area contributed by atoms with E-state index in [2.05, 4.69) is 10.1 Å². The van der Waals surface area contributed by atoms with E-state index in [1.165, 1.54) is 6.07 Å². The molecular weight excluding hydrogens is 230 g/mol. The first-order chi connectivity index (χ1) is 8.60. The Kier molecular flexibility index (Phi) is 3.41. The molecule has 0 aliphatic rings. The van der Waals surface area contributed by atoms with Crippen LogP contribution in [0.5, 0.6) is 0 Å². The molecule has 94 valence electrons. The van der Waals surface area contributed by atoms with Gasteiger partial charge in [-0.15, -0.1) is 0 Å². The lowest BCUT2D eigenvalue weighted by atomic mass is 10.1. The van der Waals surface area contributed by atoms with Crippen LogP contribution in [0, 0.1) is 6.92 Å². The van der Waals surface area contributed by atoms with Gasteiger partial charge in [-0.05, 0) is 31.5 Å². The third-order valence-corrected chi connectivity index (χ3v) is 2.58. The maximum absolute atomic E-state index is 11.1. The molecule has 0 spiro atoms. The molecule has 0 bridgehead atoms. The highest BCUT2D eigenvalue weighted by Crippen LogP contribution is 2.12. The zero-order valence-electron chi connectivity index (χ0n) is 10.4. The minimum atomic E-state index is -0.945. The average Bonchev–Trinajstić information content (AvgIpc) is 2.76. The molecule has 5 nitrogen and oxygen atoms in total. The number of aromatic carboxylic acids is 1. The predicted octanol–water partition coefficient (Wildman–Crippen LogP) is 2.23. The molecule has 5 heteroatoms. The first-order valence-corrected chi connectivity index (χ1v) is 5.87. The van der Waals surface area contributed by atoms with E-state index >= 15 is 0 Å². The molecule has 0 saturated heterocycles. The van der Waals surface area contributed by atoms with Gasteiger partial charge in [-0.1, -0.05) is 13.3 Å². The van der Waals surface area contributed by atoms with Gasteiger partial charge in [0, 0.05) is 11.9 Å². The van der Waals surface area contributed by atoms with E-state index in [1.807, 2.05) is 19.9 Å². The van der Waals surface area contributed by atoms with E-state index in [0.717, 1.165) is 24.2 Å². The van der Waals surface area contributed by atoms with E-state index in [4.69, 9.17) is 5.11 Å². The molecule has 2 aromatic rings. The molecule has 0 aliphatic carbocycles. The summed E-state index contributed by atoms with van der Waals surface area (Å²) in [6, 6.07) is 5.01. The Morgan fingerprint density at radius 1 is 1.44 bits per heavy atom. The number of carboxylic acids is 1. The lowest BCUT2D eigenvalue weighted by molar-refractivity contribution is 0.0696. The number of nitrogens with zero attached hydrogens (tertiary/aromatic N) is 3. The van der Waals surface area contributed by atoms with Gasteiger partial charge in [-0.2, -0.15) is 5.10 Å². The Hall–Kier alpha value is -2.17. The summed E-state index contributed by atoms with van der Waals surface area (Å²) in [7, 11) is 0. The first-order valence-electron chi connectivity index (χ1n) is 5.87. The Balaban J connectivity index is 2.49. The second-order valence-corrected chi connectivity index (χ2v) is 4.16. The minimum absolute atomic E-state index is 0.247. The van der Waals surface area contributed by atoms with Crippen molar-refractivity contribution in [3.8, 4) is 5.82 Å². The molecule has 18 heavy (non-hydrogen) atoms. The number of carbonyl (C=O) groups is 1. The van der Waals surface area contributed by atoms with Crippen molar-refractivity contribution in [3.05, 3.63) is 41.3 Å². The van der Waals surface area contributed by atoms with Crippen molar-refractivity contribution in [1.29, 1.82) is 0 Å². The quantitative estimate of drug-likeness (QED) is 0.896. The van der Waals surface area contributed by atoms with E-state index in [-0.39, 0.29) is 5.56 Å². The summed E-state index contributed by atoms with van der Waals surface area (Å²) in [6.45, 7) is 3.91. The summed E-state index contributed by atoms with van der Waals surface area (Å²) in [5.74, 6) is -0.397. The smallest absolute Gasteiger partial charge is 0.335 e. The Morgan fingerprint density at radius 3 is 2.78 bits per heavy atom. The van der Waals surface area contributed by atoms with Crippen LogP contribution in [0.2, 0.25) is 0 Å². The summed E-state index contributed by atoms with van der Waals surface area (Å²) < 4.78 is 1.60. The molecular formula is C13H15N3O2. The lowest BCUT2D eigenvalue weighted by Gasteiger charge is -2.06. The Bertz CT molecular complexity index is 575. The summed E-state index contributed by atoms with van der Waals surface area (Å²) >= 11 is 0. The van der Waals surface area contributed by atoms with Crippen LogP contribution in [-0.2, 0) is 6.42 Å². The third-order valence-electron chi connectivity index (χ3n) is 2.58. The van der Waals surface area contributed by atoms with E-state index in [9.17, 15) is 4.79 Å². The molecule has 1 N–H and O–H groups in total. The fourth-order valence-electron chi connectivity index (χ4n) is 1.74. The summed E-state index contributed by atoms with van der Waals surface area (Å²) in [5, 5.41) is 13.3. The number of aromatic nitrogens is 3. The highest BCUT2D eigenvalue weighted by atomic mass is 16.4. The largest absolute Gasteiger partial charge is 0.478 e. The van der Waals surface area contributed by atoms with Gasteiger partial charge in [0.2, 0.25) is 0 Å². The predicted molar refractivity (Wildman–Crippen MR) is 67.1 cm³/mol. The zero-order valence-corrected chi connectivity index (χ0v) is 10.4. The molecule has 2 heterocycles. The van der Waals surface area contributed by atoms with Crippen LogP contribution >= 0.6 is 0 Å². The van der Waals surface area contributed by atoms with Crippen molar-refractivity contribution in [3.63, 3.8) is 0 Å². The minimum Gasteiger partial charge on any atom is -0.478 e. The topological polar surface area (TPSA) is 68.0 Å². The number of rotatable bonds is 4. The van der Waals surface area contributed by atoms with Gasteiger partial charge in [0.15, 0.2) is 5.82 Å². The summed E-state index contributed by atoms with van der Waals surface area (Å²) in [4.78, 5) is 15.5. The maximum Gasteiger partial charge on any atom is 0.335 e. The second-order valence-electron chi connectivity index (χ2n) is 4.16. The average molecular weight is 245 g/mol. The number of pyridine rings is 1. The number of hydrogen-bond donors (Lipinski definition) is 1. The van der Waals surface area contributed by atoms with E-state index in [1.54, 1.807) is 16.9 Å². The fraction of sp³-hybridized carbons (Fsp3) is 0.308. The van der Waals surface area contributed by atoms with Gasteiger partial charge in [-0.3, -0.25) is 0 Å². The van der Waals surface area contributed by atoms with Crippen molar-refractivity contribution >= 4 is 5.97 Å². The van der Waals surface area contributed by atoms with Crippen LogP contribution in [0.15, 0.2) is 24.4 Å². The molecule has 0 aromatic carbocycles. The van der Waals surface area contributed by atoms with Crippen LogP contribution in [0.4, 0.5) is 0 Å². The molecule has 2 aromatic heterocycles. The van der Waals surface area contributed by atoms with Crippen LogP contribution in [0.25, 0.3) is 5.82 Å². The van der Waals surface area contributed by atoms with Crippen molar-refractivity contribution in [2.24, 2.45) is 0 Å². The maximum atomic E-state index is 11.1. The normalized spacial score (nSPS) is 10.6. The lowest BCUT2D eigenvalue weighted by Crippen LogP contribution is -2.06. The summed E-state index contributed by atoms with van der Waals surface area (Å²) in [6.07, 6.45) is 3.46. The summed E-state index contributed by atoms with van der Waals surface area (Å²) in [5.41, 5.74) is 1.90. The molecule has 0 radical (unpaired) electrons. The van der Waals surface area contributed by atoms with Crippen LogP contribution in [0.3, 0.4) is 0 Å². The zero-order chi connectivity index (χ0) is 13.1. The van der Waals surface area contributed by atoms with Gasteiger partial charge in [0.25, 0.3) is 0 Å². The van der Waals surface area contributed by atoms with Gasteiger partial charge in [0.1, 0.15) is 0 Å². The molecule has 2 rings (SSSR count). The molecule has 0 amide bonds. The van der Waals surface area contributed by atoms with Crippen LogP contribution in [0.1, 0.15) is 35.1 Å². The van der Waals surface area contributed by atoms with Crippen LogP contribution < -0.4 is 0 Å². The van der Waals surface area contributed by atoms with E-state index < -0.39 is 5.97 Å². The molecule has 0 fully saturated rings. The molecule has 0 atom stereocenters.